The number of benzene rings is 1. The van der Waals surface area contributed by atoms with Crippen LogP contribution < -0.4 is 5.73 Å². The number of amides is 1. The van der Waals surface area contributed by atoms with E-state index in [1.807, 2.05) is 0 Å². The van der Waals surface area contributed by atoms with Crippen LogP contribution in [0.5, 0.6) is 0 Å². The number of hydrogen-bond acceptors (Lipinski definition) is 4. The highest BCUT2D eigenvalue weighted by atomic mass is 19.4. The first-order chi connectivity index (χ1) is 14.7. The van der Waals surface area contributed by atoms with Gasteiger partial charge in [0.2, 0.25) is 0 Å². The Kier molecular flexibility index (Phi) is 3.91. The lowest BCUT2D eigenvalue weighted by atomic mass is 9.81. The molecule has 0 fully saturated rings. The molecule has 0 saturated carbocycles. The summed E-state index contributed by atoms with van der Waals surface area (Å²) in [5.41, 5.74) is -3.14. The summed E-state index contributed by atoms with van der Waals surface area (Å²) >= 11 is 0. The van der Waals surface area contributed by atoms with Gasteiger partial charge in [-0.2, -0.15) is 13.2 Å². The number of carbonyl (C=O) groups is 3. The number of hydrogen-bond donors (Lipinski definition) is 1. The lowest BCUT2D eigenvalue weighted by molar-refractivity contribution is -0.138. The molecular formula is C19H11F5N2O3. The molecule has 2 aromatic rings. The monoisotopic (exact) mass is 413 g/mol. The van der Waals surface area contributed by atoms with Crippen molar-refractivity contribution in [1.29, 1.82) is 0 Å². The fraction of sp³-hybridized carbons (Fsp3) is 0.158. The van der Waals surface area contributed by atoms with Crippen molar-refractivity contribution < 1.29 is 40.4 Å². The third-order valence-corrected chi connectivity index (χ3v) is 4.28. The maximum atomic E-state index is 14.3. The number of pyridine rings is 1. The van der Waals surface area contributed by atoms with Crippen LogP contribution in [0, 0.1) is 11.6 Å². The molecule has 5 nitrogen and oxygen atoms in total. The maximum absolute atomic E-state index is 14.3. The van der Waals surface area contributed by atoms with Gasteiger partial charge in [0.15, 0.2) is 11.6 Å². The van der Waals surface area contributed by atoms with Crippen LogP contribution in [0.3, 0.4) is 0 Å². The van der Waals surface area contributed by atoms with Gasteiger partial charge in [-0.15, -0.1) is 0 Å². The lowest BCUT2D eigenvalue weighted by Crippen LogP contribution is -2.27. The van der Waals surface area contributed by atoms with Crippen LogP contribution in [0.15, 0.2) is 35.5 Å². The highest BCUT2D eigenvalue weighted by Gasteiger charge is 2.40. The van der Waals surface area contributed by atoms with Crippen LogP contribution in [0.2, 0.25) is 0 Å². The van der Waals surface area contributed by atoms with Crippen LogP contribution in [0.4, 0.5) is 22.0 Å². The summed E-state index contributed by atoms with van der Waals surface area (Å²) in [6.07, 6.45) is -5.57. The van der Waals surface area contributed by atoms with Gasteiger partial charge in [0, 0.05) is 27.9 Å². The van der Waals surface area contributed by atoms with Crippen molar-refractivity contribution in [2.45, 2.75) is 19.4 Å². The number of allylic oxidation sites excluding steroid dienone is 2. The SMILES string of the molecule is [2H]C([2H])([2H])C1=C(Cc2ccnc(C(N)=O)c2C(F)(F)F)C(=O)c2c(F)ccc(F)c2C1=O. The molecule has 1 aliphatic carbocycles. The lowest BCUT2D eigenvalue weighted by Gasteiger charge is -2.21. The number of rotatable bonds is 3. The Morgan fingerprint density at radius 2 is 1.69 bits per heavy atom. The molecular weight excluding hydrogens is 399 g/mol. The molecule has 150 valence electrons. The summed E-state index contributed by atoms with van der Waals surface area (Å²) in [6.45, 7) is -3.35. The Morgan fingerprint density at radius 3 is 2.21 bits per heavy atom. The Bertz CT molecular complexity index is 1220. The predicted octanol–water partition coefficient (Wildman–Crippen LogP) is 3.42. The summed E-state index contributed by atoms with van der Waals surface area (Å²) in [5.74, 6) is -7.28. The minimum Gasteiger partial charge on any atom is -0.364 e. The number of aromatic nitrogens is 1. The zero-order valence-electron chi connectivity index (χ0n) is 17.2. The smallest absolute Gasteiger partial charge is 0.364 e. The number of nitrogens with two attached hydrogens (primary N) is 1. The third kappa shape index (κ3) is 3.30. The van der Waals surface area contributed by atoms with E-state index >= 15 is 0 Å². The van der Waals surface area contributed by atoms with E-state index in [4.69, 9.17) is 9.85 Å². The number of Topliss-reactive ketones (excluding diaryl/α,β-unsaturated/α-hetero) is 2. The molecule has 1 aromatic carbocycles. The van der Waals surface area contributed by atoms with Crippen LogP contribution in [-0.4, -0.2) is 22.5 Å². The number of nitrogens with zero attached hydrogens (tertiary/aromatic N) is 1. The highest BCUT2D eigenvalue weighted by Crippen LogP contribution is 2.37. The van der Waals surface area contributed by atoms with E-state index in [1.165, 1.54) is 0 Å². The molecule has 1 aromatic heterocycles. The maximum Gasteiger partial charge on any atom is 0.418 e. The van der Waals surface area contributed by atoms with Crippen LogP contribution in [-0.2, 0) is 12.6 Å². The quantitative estimate of drug-likeness (QED) is 0.781. The highest BCUT2D eigenvalue weighted by molar-refractivity contribution is 6.27. The average Bonchev–Trinajstić information content (AvgIpc) is 2.65. The molecule has 0 unspecified atom stereocenters. The second-order valence-electron chi connectivity index (χ2n) is 6.02. The average molecular weight is 413 g/mol. The van der Waals surface area contributed by atoms with Crippen LogP contribution in [0.1, 0.15) is 53.3 Å². The van der Waals surface area contributed by atoms with Crippen molar-refractivity contribution in [3.05, 3.63) is 75.1 Å². The first-order valence-corrected chi connectivity index (χ1v) is 7.82. The van der Waals surface area contributed by atoms with Gasteiger partial charge in [-0.05, 0) is 30.6 Å². The number of alkyl halides is 3. The van der Waals surface area contributed by atoms with Gasteiger partial charge in [0.1, 0.15) is 17.3 Å². The Morgan fingerprint density at radius 1 is 1.10 bits per heavy atom. The van der Waals surface area contributed by atoms with Crippen molar-refractivity contribution in [3.63, 3.8) is 0 Å². The first kappa shape index (κ1) is 16.5. The van der Waals surface area contributed by atoms with Crippen LogP contribution in [0.25, 0.3) is 0 Å². The second-order valence-corrected chi connectivity index (χ2v) is 6.02. The molecule has 1 aliphatic rings. The van der Waals surface area contributed by atoms with Crippen molar-refractivity contribution >= 4 is 17.5 Å². The van der Waals surface area contributed by atoms with Gasteiger partial charge >= 0.3 is 6.18 Å². The Balaban J connectivity index is 2.33. The van der Waals surface area contributed by atoms with Gasteiger partial charge < -0.3 is 5.73 Å². The van der Waals surface area contributed by atoms with Gasteiger partial charge in [-0.25, -0.2) is 8.78 Å². The summed E-state index contributed by atoms with van der Waals surface area (Å²) < 4.78 is 92.2. The predicted molar refractivity (Wildman–Crippen MR) is 89.2 cm³/mol. The Labute approximate surface area is 164 Å². The second kappa shape index (κ2) is 6.87. The molecule has 0 saturated heterocycles. The third-order valence-electron chi connectivity index (χ3n) is 4.28. The van der Waals surface area contributed by atoms with Gasteiger partial charge in [-0.1, -0.05) is 0 Å². The van der Waals surface area contributed by atoms with E-state index in [9.17, 15) is 36.3 Å². The summed E-state index contributed by atoms with van der Waals surface area (Å²) in [6, 6.07) is 1.79. The summed E-state index contributed by atoms with van der Waals surface area (Å²) in [4.78, 5) is 40.4. The molecule has 0 radical (unpaired) electrons. The minimum absolute atomic E-state index is 0.519. The molecule has 0 bridgehead atoms. The Hall–Kier alpha value is -3.43. The van der Waals surface area contributed by atoms with Crippen molar-refractivity contribution in [1.82, 2.24) is 4.98 Å². The van der Waals surface area contributed by atoms with Gasteiger partial charge in [0.05, 0.1) is 16.7 Å². The van der Waals surface area contributed by atoms with Crippen LogP contribution >= 0.6 is 0 Å². The minimum atomic E-state index is -5.20. The molecule has 0 atom stereocenters. The van der Waals surface area contributed by atoms with E-state index in [1.54, 1.807) is 0 Å². The summed E-state index contributed by atoms with van der Waals surface area (Å²) in [5, 5.41) is 0. The van der Waals surface area contributed by atoms with E-state index in [0.29, 0.717) is 12.1 Å². The molecule has 2 N–H and O–H groups in total. The first-order valence-electron chi connectivity index (χ1n) is 9.32. The number of ketones is 2. The van der Waals surface area contributed by atoms with Crippen molar-refractivity contribution in [3.8, 4) is 0 Å². The molecule has 29 heavy (non-hydrogen) atoms. The zero-order valence-corrected chi connectivity index (χ0v) is 14.2. The van der Waals surface area contributed by atoms with Gasteiger partial charge in [-0.3, -0.25) is 19.4 Å². The fourth-order valence-electron chi connectivity index (χ4n) is 3.03. The molecule has 10 heteroatoms. The number of fused-ring (bicyclic) bond motifs is 1. The molecule has 0 aliphatic heterocycles. The van der Waals surface area contributed by atoms with E-state index < -0.39 is 87.7 Å². The normalized spacial score (nSPS) is 16.2. The number of primary amides is 1. The van der Waals surface area contributed by atoms with Gasteiger partial charge in [0.25, 0.3) is 5.91 Å². The number of carbonyl (C=O) groups excluding carboxylic acids is 3. The standard InChI is InChI=1S/C19H11F5N2O3/c1-7-9(17(28)13-11(21)3-2-10(20)12(13)16(7)27)6-8-4-5-26-15(18(25)29)14(8)19(22,23)24/h2-5H,6H2,1H3,(H2,25,29)/i1D3. The fourth-order valence-corrected chi connectivity index (χ4v) is 3.03. The molecule has 1 amide bonds. The summed E-state index contributed by atoms with van der Waals surface area (Å²) in [7, 11) is 0. The van der Waals surface area contributed by atoms with Crippen molar-refractivity contribution in [2.24, 2.45) is 5.73 Å². The van der Waals surface area contributed by atoms with E-state index in [0.717, 1.165) is 12.3 Å². The molecule has 0 spiro atoms. The van der Waals surface area contributed by atoms with Crippen molar-refractivity contribution in [2.75, 3.05) is 0 Å². The zero-order chi connectivity index (χ0) is 24.2. The topological polar surface area (TPSA) is 90.1 Å². The molecule has 3 rings (SSSR count). The largest absolute Gasteiger partial charge is 0.418 e. The molecule has 1 heterocycles. The van der Waals surface area contributed by atoms with E-state index in [2.05, 4.69) is 4.98 Å². The van der Waals surface area contributed by atoms with E-state index in [-0.39, 0.29) is 0 Å². The number of halogens is 5.